The van der Waals surface area contributed by atoms with Gasteiger partial charge in [-0.25, -0.2) is 0 Å². The van der Waals surface area contributed by atoms with Gasteiger partial charge in [0, 0.05) is 36.8 Å². The molecule has 3 aromatic rings. The number of hydrogen-bond donors (Lipinski definition) is 2. The molecule has 0 radical (unpaired) electrons. The number of benzene rings is 1. The van der Waals surface area contributed by atoms with Gasteiger partial charge in [-0.3, -0.25) is 9.48 Å². The minimum atomic E-state index is -4.25. The number of halogens is 3. The highest BCUT2D eigenvalue weighted by Crippen LogP contribution is 2.37. The summed E-state index contributed by atoms with van der Waals surface area (Å²) < 4.78 is 57.2. The van der Waals surface area contributed by atoms with Gasteiger partial charge in [0.25, 0.3) is 5.91 Å². The van der Waals surface area contributed by atoms with Gasteiger partial charge in [-0.2, -0.15) is 18.3 Å². The first-order chi connectivity index (χ1) is 15.9. The lowest BCUT2D eigenvalue weighted by atomic mass is 9.86. The number of anilines is 1. The molecule has 5 rings (SSSR count). The van der Waals surface area contributed by atoms with E-state index < -0.39 is 23.9 Å². The second-order valence-corrected chi connectivity index (χ2v) is 7.95. The van der Waals surface area contributed by atoms with E-state index in [1.807, 2.05) is 0 Å². The van der Waals surface area contributed by atoms with Gasteiger partial charge in [0.15, 0.2) is 23.0 Å². The third-order valence-corrected chi connectivity index (χ3v) is 5.74. The zero-order chi connectivity index (χ0) is 23.0. The minimum Gasteiger partial charge on any atom is -0.454 e. The van der Waals surface area contributed by atoms with Crippen LogP contribution in [-0.4, -0.2) is 46.9 Å². The fraction of sp³-hybridized carbons (Fsp3) is 0.381. The summed E-state index contributed by atoms with van der Waals surface area (Å²) in [6.07, 6.45) is -1.33. The van der Waals surface area contributed by atoms with E-state index in [1.165, 1.54) is 23.1 Å². The molecule has 0 bridgehead atoms. The molecule has 2 unspecified atom stereocenters. The Hall–Kier alpha value is -3.54. The normalized spacial score (nSPS) is 20.1. The van der Waals surface area contributed by atoms with Crippen molar-refractivity contribution in [2.45, 2.75) is 19.1 Å². The molecule has 2 aromatic heterocycles. The average molecular weight is 463 g/mol. The fourth-order valence-corrected chi connectivity index (χ4v) is 4.08. The number of rotatable bonds is 5. The molecular weight excluding hydrogens is 443 g/mol. The van der Waals surface area contributed by atoms with Gasteiger partial charge in [-0.15, -0.1) is 0 Å². The van der Waals surface area contributed by atoms with Gasteiger partial charge >= 0.3 is 6.18 Å². The Kier molecular flexibility index (Phi) is 5.44. The number of piperidine rings is 1. The maximum absolute atomic E-state index is 13.3. The first-order valence-corrected chi connectivity index (χ1v) is 10.3. The standard InChI is InChI=1S/C21H20F3N5O4/c22-21(23,24)15-3-4-25-7-13(15)9-29-10-14(8-26-29)27-20(30)16-6-18(33-28-16)12-1-2-17-19(5-12)32-11-31-17/h1-2,5-6,8,10,13,15,25H,3-4,7,9,11H2,(H,27,30). The van der Waals surface area contributed by atoms with Crippen LogP contribution in [0.1, 0.15) is 16.9 Å². The van der Waals surface area contributed by atoms with E-state index in [9.17, 15) is 18.0 Å². The number of nitrogens with one attached hydrogen (secondary N) is 2. The highest BCUT2D eigenvalue weighted by atomic mass is 19.4. The first-order valence-electron chi connectivity index (χ1n) is 10.3. The summed E-state index contributed by atoms with van der Waals surface area (Å²) in [5.41, 5.74) is 1.06. The van der Waals surface area contributed by atoms with Crippen molar-refractivity contribution in [1.29, 1.82) is 0 Å². The number of carbonyl (C=O) groups is 1. The van der Waals surface area contributed by atoms with Crippen LogP contribution in [-0.2, 0) is 6.54 Å². The SMILES string of the molecule is O=C(Nc1cnn(CC2CNCCC2C(F)(F)F)c1)c1cc(-c2ccc3c(c2)OCO3)on1. The van der Waals surface area contributed by atoms with Crippen LogP contribution < -0.4 is 20.1 Å². The molecule has 12 heteroatoms. The smallest absolute Gasteiger partial charge is 0.392 e. The Morgan fingerprint density at radius 3 is 2.94 bits per heavy atom. The van der Waals surface area contributed by atoms with Crippen molar-refractivity contribution in [3.05, 3.63) is 42.4 Å². The summed E-state index contributed by atoms with van der Waals surface area (Å²) >= 11 is 0. The summed E-state index contributed by atoms with van der Waals surface area (Å²) in [6.45, 7) is 0.830. The molecule has 1 fully saturated rings. The van der Waals surface area contributed by atoms with E-state index in [4.69, 9.17) is 14.0 Å². The Labute approximate surface area is 185 Å². The molecule has 0 saturated carbocycles. The number of carbonyl (C=O) groups excluding carboxylic acids is 1. The van der Waals surface area contributed by atoms with Crippen LogP contribution in [0.3, 0.4) is 0 Å². The van der Waals surface area contributed by atoms with Crippen molar-refractivity contribution in [2.24, 2.45) is 11.8 Å². The van der Waals surface area contributed by atoms with Crippen molar-refractivity contribution in [3.8, 4) is 22.8 Å². The summed E-state index contributed by atoms with van der Waals surface area (Å²) in [6, 6.07) is 6.70. The van der Waals surface area contributed by atoms with Gasteiger partial charge < -0.3 is 24.6 Å². The minimum absolute atomic E-state index is 0.0386. The van der Waals surface area contributed by atoms with Gasteiger partial charge in [0.05, 0.1) is 17.8 Å². The van der Waals surface area contributed by atoms with Crippen molar-refractivity contribution >= 4 is 11.6 Å². The molecule has 2 atom stereocenters. The van der Waals surface area contributed by atoms with Crippen LogP contribution in [0.4, 0.5) is 18.9 Å². The summed E-state index contributed by atoms with van der Waals surface area (Å²) in [5, 5.41) is 13.5. The van der Waals surface area contributed by atoms with Gasteiger partial charge in [-0.05, 0) is 31.2 Å². The van der Waals surface area contributed by atoms with Crippen molar-refractivity contribution in [1.82, 2.24) is 20.3 Å². The monoisotopic (exact) mass is 463 g/mol. The van der Waals surface area contributed by atoms with Gasteiger partial charge in [0.2, 0.25) is 6.79 Å². The van der Waals surface area contributed by atoms with Crippen LogP contribution in [0.15, 0.2) is 41.2 Å². The fourth-order valence-electron chi connectivity index (χ4n) is 4.08. The summed E-state index contributed by atoms with van der Waals surface area (Å²) in [7, 11) is 0. The molecule has 0 spiro atoms. The topological polar surface area (TPSA) is 103 Å². The zero-order valence-electron chi connectivity index (χ0n) is 17.3. The molecule has 2 aliphatic heterocycles. The van der Waals surface area contributed by atoms with E-state index >= 15 is 0 Å². The zero-order valence-corrected chi connectivity index (χ0v) is 17.3. The second kappa shape index (κ2) is 8.43. The number of ether oxygens (including phenoxy) is 2. The lowest BCUT2D eigenvalue weighted by Crippen LogP contribution is -2.45. The van der Waals surface area contributed by atoms with Crippen LogP contribution in [0.25, 0.3) is 11.3 Å². The van der Waals surface area contributed by atoms with Crippen LogP contribution in [0, 0.1) is 11.8 Å². The lowest BCUT2D eigenvalue weighted by molar-refractivity contribution is -0.195. The van der Waals surface area contributed by atoms with E-state index in [-0.39, 0.29) is 32.0 Å². The Morgan fingerprint density at radius 1 is 1.24 bits per heavy atom. The van der Waals surface area contributed by atoms with Crippen LogP contribution >= 0.6 is 0 Å². The third kappa shape index (κ3) is 4.51. The van der Waals surface area contributed by atoms with Crippen LogP contribution in [0.2, 0.25) is 0 Å². The molecule has 1 saturated heterocycles. The van der Waals surface area contributed by atoms with Gasteiger partial charge in [-0.1, -0.05) is 5.16 Å². The van der Waals surface area contributed by atoms with E-state index in [0.29, 0.717) is 35.1 Å². The molecule has 2 aliphatic rings. The molecule has 1 aromatic carbocycles. The summed E-state index contributed by atoms with van der Waals surface area (Å²) in [4.78, 5) is 12.6. The van der Waals surface area contributed by atoms with Crippen LogP contribution in [0.5, 0.6) is 11.5 Å². The van der Waals surface area contributed by atoms with E-state index in [0.717, 1.165) is 0 Å². The first kappa shape index (κ1) is 21.3. The predicted molar refractivity (Wildman–Crippen MR) is 109 cm³/mol. The molecule has 1 amide bonds. The van der Waals surface area contributed by atoms with Crippen molar-refractivity contribution in [3.63, 3.8) is 0 Å². The molecule has 2 N–H and O–H groups in total. The molecule has 0 aliphatic carbocycles. The molecule has 33 heavy (non-hydrogen) atoms. The molecule has 174 valence electrons. The molecular formula is C21H20F3N5O4. The average Bonchev–Trinajstić information content (AvgIpc) is 3.54. The molecule has 4 heterocycles. The maximum atomic E-state index is 13.3. The largest absolute Gasteiger partial charge is 0.454 e. The number of fused-ring (bicyclic) bond motifs is 1. The predicted octanol–water partition coefficient (Wildman–Crippen LogP) is 3.31. The van der Waals surface area contributed by atoms with E-state index in [1.54, 1.807) is 18.2 Å². The Balaban J connectivity index is 1.23. The van der Waals surface area contributed by atoms with Gasteiger partial charge in [0.1, 0.15) is 0 Å². The number of alkyl halides is 3. The highest BCUT2D eigenvalue weighted by molar-refractivity contribution is 6.03. The van der Waals surface area contributed by atoms with E-state index in [2.05, 4.69) is 20.9 Å². The Bertz CT molecular complexity index is 1160. The number of aromatic nitrogens is 3. The number of amides is 1. The highest BCUT2D eigenvalue weighted by Gasteiger charge is 2.45. The quantitative estimate of drug-likeness (QED) is 0.598. The lowest BCUT2D eigenvalue weighted by Gasteiger charge is -2.33. The third-order valence-electron chi connectivity index (χ3n) is 5.74. The summed E-state index contributed by atoms with van der Waals surface area (Å²) in [5.74, 6) is -0.982. The number of hydrogen-bond acceptors (Lipinski definition) is 7. The second-order valence-electron chi connectivity index (χ2n) is 7.95. The molecule has 9 nitrogen and oxygen atoms in total. The maximum Gasteiger partial charge on any atom is 0.392 e. The Morgan fingerprint density at radius 2 is 2.09 bits per heavy atom. The number of nitrogens with zero attached hydrogens (tertiary/aromatic N) is 3. The van der Waals surface area contributed by atoms with Crippen molar-refractivity contribution < 1.29 is 32.0 Å². The van der Waals surface area contributed by atoms with Crippen molar-refractivity contribution in [2.75, 3.05) is 25.2 Å².